The topological polar surface area (TPSA) is 51.8 Å². The molecule has 0 aliphatic carbocycles. The molecule has 1 atom stereocenters. The minimum atomic E-state index is -4.77. The van der Waals surface area contributed by atoms with Gasteiger partial charge in [0.1, 0.15) is 11.6 Å². The molecule has 0 radical (unpaired) electrons. The van der Waals surface area contributed by atoms with Crippen molar-refractivity contribution < 1.29 is 17.6 Å². The van der Waals surface area contributed by atoms with Gasteiger partial charge in [-0.15, -0.1) is 0 Å². The highest BCUT2D eigenvalue weighted by atomic mass is 19.4. The van der Waals surface area contributed by atoms with Gasteiger partial charge in [-0.05, 0) is 30.2 Å². The quantitative estimate of drug-likeness (QED) is 0.863. The fourth-order valence-corrected chi connectivity index (χ4v) is 1.67. The van der Waals surface area contributed by atoms with Crippen LogP contribution in [0, 0.1) is 12.7 Å². The van der Waals surface area contributed by atoms with Crippen LogP contribution < -0.4 is 5.73 Å². The van der Waals surface area contributed by atoms with E-state index in [1.54, 1.807) is 6.92 Å². The SMILES string of the molecule is Cc1cnc(C(N)c2ccc(F)c(C(F)(F)F)c2)nc1. The van der Waals surface area contributed by atoms with Gasteiger partial charge >= 0.3 is 6.18 Å². The van der Waals surface area contributed by atoms with Crippen LogP contribution >= 0.6 is 0 Å². The highest BCUT2D eigenvalue weighted by Gasteiger charge is 2.34. The molecule has 0 amide bonds. The van der Waals surface area contributed by atoms with Gasteiger partial charge < -0.3 is 5.73 Å². The summed E-state index contributed by atoms with van der Waals surface area (Å²) in [6.07, 6.45) is -1.75. The van der Waals surface area contributed by atoms with Crippen molar-refractivity contribution in [3.05, 3.63) is 58.9 Å². The third kappa shape index (κ3) is 2.93. The molecular formula is C13H11F4N3. The van der Waals surface area contributed by atoms with Gasteiger partial charge in [-0.2, -0.15) is 13.2 Å². The second-order valence-electron chi connectivity index (χ2n) is 4.33. The van der Waals surface area contributed by atoms with Crippen molar-refractivity contribution in [3.63, 3.8) is 0 Å². The van der Waals surface area contributed by atoms with Crippen molar-refractivity contribution in [2.75, 3.05) is 0 Å². The lowest BCUT2D eigenvalue weighted by Crippen LogP contribution is -2.17. The Bertz CT molecular complexity index is 608. The van der Waals surface area contributed by atoms with Gasteiger partial charge in [0, 0.05) is 12.4 Å². The van der Waals surface area contributed by atoms with Gasteiger partial charge in [-0.1, -0.05) is 6.07 Å². The smallest absolute Gasteiger partial charge is 0.318 e. The Morgan fingerprint density at radius 1 is 1.15 bits per heavy atom. The van der Waals surface area contributed by atoms with Crippen molar-refractivity contribution in [2.24, 2.45) is 5.73 Å². The number of hydrogen-bond acceptors (Lipinski definition) is 3. The summed E-state index contributed by atoms with van der Waals surface area (Å²) in [6, 6.07) is 1.67. The zero-order valence-corrected chi connectivity index (χ0v) is 10.4. The Morgan fingerprint density at radius 3 is 2.30 bits per heavy atom. The lowest BCUT2D eigenvalue weighted by molar-refractivity contribution is -0.140. The van der Waals surface area contributed by atoms with E-state index in [4.69, 9.17) is 5.73 Å². The zero-order chi connectivity index (χ0) is 14.9. The van der Waals surface area contributed by atoms with Crippen LogP contribution in [0.2, 0.25) is 0 Å². The van der Waals surface area contributed by atoms with Crippen LogP contribution in [0.1, 0.15) is 28.6 Å². The van der Waals surface area contributed by atoms with E-state index >= 15 is 0 Å². The molecule has 2 rings (SSSR count). The number of hydrogen-bond donors (Lipinski definition) is 1. The monoisotopic (exact) mass is 285 g/mol. The Kier molecular flexibility index (Phi) is 3.71. The van der Waals surface area contributed by atoms with E-state index in [0.29, 0.717) is 6.07 Å². The molecule has 2 N–H and O–H groups in total. The van der Waals surface area contributed by atoms with E-state index in [0.717, 1.165) is 11.6 Å². The van der Waals surface area contributed by atoms with Gasteiger partial charge in [0.2, 0.25) is 0 Å². The maximum absolute atomic E-state index is 13.2. The number of aromatic nitrogens is 2. The Morgan fingerprint density at radius 2 is 1.75 bits per heavy atom. The highest BCUT2D eigenvalue weighted by Crippen LogP contribution is 2.33. The van der Waals surface area contributed by atoms with E-state index in [1.807, 2.05) is 0 Å². The lowest BCUT2D eigenvalue weighted by Gasteiger charge is -2.14. The predicted octanol–water partition coefficient (Wildman–Crippen LogP) is 2.99. The molecule has 0 saturated carbocycles. The molecule has 3 nitrogen and oxygen atoms in total. The molecule has 0 fully saturated rings. The van der Waals surface area contributed by atoms with Gasteiger partial charge in [-0.25, -0.2) is 14.4 Å². The number of aryl methyl sites for hydroxylation is 1. The second kappa shape index (κ2) is 5.16. The first-order valence-electron chi connectivity index (χ1n) is 5.70. The third-order valence-corrected chi connectivity index (χ3v) is 2.73. The van der Waals surface area contributed by atoms with E-state index in [9.17, 15) is 17.6 Å². The van der Waals surface area contributed by atoms with E-state index < -0.39 is 23.6 Å². The number of nitrogens with two attached hydrogens (primary N) is 1. The fourth-order valence-electron chi connectivity index (χ4n) is 1.67. The van der Waals surface area contributed by atoms with Crippen molar-refractivity contribution in [2.45, 2.75) is 19.1 Å². The van der Waals surface area contributed by atoms with E-state index in [-0.39, 0.29) is 11.4 Å². The molecule has 0 aliphatic rings. The van der Waals surface area contributed by atoms with E-state index in [1.165, 1.54) is 18.5 Å². The van der Waals surface area contributed by atoms with Crippen molar-refractivity contribution >= 4 is 0 Å². The summed E-state index contributed by atoms with van der Waals surface area (Å²) >= 11 is 0. The summed E-state index contributed by atoms with van der Waals surface area (Å²) in [5, 5.41) is 0. The van der Waals surface area contributed by atoms with Crippen LogP contribution in [0.4, 0.5) is 17.6 Å². The summed E-state index contributed by atoms with van der Waals surface area (Å²) in [5.74, 6) is -1.16. The molecule has 0 spiro atoms. The summed E-state index contributed by atoms with van der Waals surface area (Å²) in [4.78, 5) is 7.92. The average Bonchev–Trinajstić information content (AvgIpc) is 2.38. The fraction of sp³-hybridized carbons (Fsp3) is 0.231. The molecule has 0 aliphatic heterocycles. The Labute approximate surface area is 112 Å². The van der Waals surface area contributed by atoms with E-state index in [2.05, 4.69) is 9.97 Å². The second-order valence-corrected chi connectivity index (χ2v) is 4.33. The zero-order valence-electron chi connectivity index (χ0n) is 10.4. The molecule has 7 heteroatoms. The number of halogens is 4. The highest BCUT2D eigenvalue weighted by molar-refractivity contribution is 5.32. The molecule has 20 heavy (non-hydrogen) atoms. The minimum absolute atomic E-state index is 0.0996. The third-order valence-electron chi connectivity index (χ3n) is 2.73. The number of nitrogens with zero attached hydrogens (tertiary/aromatic N) is 2. The standard InChI is InChI=1S/C13H11F4N3/c1-7-5-19-12(20-6-7)11(18)8-2-3-10(14)9(4-8)13(15,16)17/h2-6,11H,18H2,1H3. The maximum Gasteiger partial charge on any atom is 0.419 e. The van der Waals surface area contributed by atoms with Crippen molar-refractivity contribution in [3.8, 4) is 0 Å². The Hall–Kier alpha value is -2.02. The molecule has 1 aromatic carbocycles. The molecule has 106 valence electrons. The number of alkyl halides is 3. The molecular weight excluding hydrogens is 274 g/mol. The number of rotatable bonds is 2. The molecule has 1 unspecified atom stereocenters. The van der Waals surface area contributed by atoms with Crippen molar-refractivity contribution in [1.82, 2.24) is 9.97 Å². The normalized spacial score (nSPS) is 13.3. The maximum atomic E-state index is 13.2. The van der Waals surface area contributed by atoms with Gasteiger partial charge in [0.15, 0.2) is 0 Å². The minimum Gasteiger partial charge on any atom is -0.318 e. The van der Waals surface area contributed by atoms with Crippen LogP contribution in [0.15, 0.2) is 30.6 Å². The molecule has 1 heterocycles. The van der Waals surface area contributed by atoms with Crippen LogP contribution in [-0.4, -0.2) is 9.97 Å². The van der Waals surface area contributed by atoms with Gasteiger partial charge in [0.25, 0.3) is 0 Å². The van der Waals surface area contributed by atoms with Crippen LogP contribution in [-0.2, 0) is 6.18 Å². The predicted molar refractivity (Wildman–Crippen MR) is 64.2 cm³/mol. The number of benzene rings is 1. The van der Waals surface area contributed by atoms with Crippen LogP contribution in [0.3, 0.4) is 0 Å². The molecule has 2 aromatic rings. The van der Waals surface area contributed by atoms with Gasteiger partial charge in [0.05, 0.1) is 11.6 Å². The van der Waals surface area contributed by atoms with Crippen LogP contribution in [0.5, 0.6) is 0 Å². The lowest BCUT2D eigenvalue weighted by atomic mass is 10.0. The summed E-state index contributed by atoms with van der Waals surface area (Å²) in [6.45, 7) is 1.77. The van der Waals surface area contributed by atoms with Crippen LogP contribution in [0.25, 0.3) is 0 Å². The largest absolute Gasteiger partial charge is 0.419 e. The molecule has 0 bridgehead atoms. The van der Waals surface area contributed by atoms with Gasteiger partial charge in [-0.3, -0.25) is 0 Å². The summed E-state index contributed by atoms with van der Waals surface area (Å²) in [5.41, 5.74) is 5.37. The summed E-state index contributed by atoms with van der Waals surface area (Å²) in [7, 11) is 0. The first-order chi connectivity index (χ1) is 9.29. The summed E-state index contributed by atoms with van der Waals surface area (Å²) < 4.78 is 51.1. The molecule has 1 aromatic heterocycles. The average molecular weight is 285 g/mol. The Balaban J connectivity index is 2.40. The first kappa shape index (κ1) is 14.4. The van der Waals surface area contributed by atoms with Crippen molar-refractivity contribution in [1.29, 1.82) is 0 Å². The first-order valence-corrected chi connectivity index (χ1v) is 5.70. The molecule has 0 saturated heterocycles.